The van der Waals surface area contributed by atoms with Crippen molar-refractivity contribution < 1.29 is 4.74 Å². The molecule has 0 heterocycles. The van der Waals surface area contributed by atoms with Crippen LogP contribution in [0.5, 0.6) is 5.75 Å². The summed E-state index contributed by atoms with van der Waals surface area (Å²) in [4.78, 5) is 0. The Balaban J connectivity index is 2.49. The van der Waals surface area contributed by atoms with E-state index in [0.29, 0.717) is 11.3 Å². The van der Waals surface area contributed by atoms with Crippen molar-refractivity contribution in [3.8, 4) is 11.8 Å². The van der Waals surface area contributed by atoms with Crippen LogP contribution in [0.2, 0.25) is 0 Å². The Kier molecular flexibility index (Phi) is 6.82. The van der Waals surface area contributed by atoms with Gasteiger partial charge in [-0.2, -0.15) is 5.26 Å². The summed E-state index contributed by atoms with van der Waals surface area (Å²) in [5.74, 6) is 0.684. The summed E-state index contributed by atoms with van der Waals surface area (Å²) in [6, 6.07) is 7.71. The Hall–Kier alpha value is -1.01. The first-order valence-electron chi connectivity index (χ1n) is 6.53. The molecule has 0 bridgehead atoms. The molecule has 0 unspecified atom stereocenters. The molecule has 1 rings (SSSR count). The molecule has 0 aliphatic rings. The van der Waals surface area contributed by atoms with Gasteiger partial charge in [-0.25, -0.2) is 0 Å². The molecule has 0 aliphatic heterocycles. The minimum atomic E-state index is 0.162. The van der Waals surface area contributed by atoms with Gasteiger partial charge in [-0.1, -0.05) is 42.1 Å². The molecule has 0 aromatic heterocycles. The van der Waals surface area contributed by atoms with E-state index in [4.69, 9.17) is 10.00 Å². The van der Waals surface area contributed by atoms with E-state index in [-0.39, 0.29) is 6.10 Å². The molecule has 1 atom stereocenters. The predicted molar refractivity (Wildman–Crippen MR) is 77.7 cm³/mol. The molecule has 0 aliphatic carbocycles. The molecule has 0 radical (unpaired) electrons. The van der Waals surface area contributed by atoms with Crippen LogP contribution >= 0.6 is 15.9 Å². The smallest absolute Gasteiger partial charge is 0.137 e. The molecule has 18 heavy (non-hydrogen) atoms. The second kappa shape index (κ2) is 8.16. The normalized spacial score (nSPS) is 11.9. The van der Waals surface area contributed by atoms with E-state index in [1.165, 1.54) is 25.7 Å². The molecule has 0 saturated carbocycles. The highest BCUT2D eigenvalue weighted by molar-refractivity contribution is 9.10. The molecule has 0 amide bonds. The van der Waals surface area contributed by atoms with E-state index in [9.17, 15) is 0 Å². The van der Waals surface area contributed by atoms with Gasteiger partial charge in [0.2, 0.25) is 0 Å². The van der Waals surface area contributed by atoms with Crippen molar-refractivity contribution in [2.24, 2.45) is 0 Å². The molecule has 0 spiro atoms. The van der Waals surface area contributed by atoms with Gasteiger partial charge in [0, 0.05) is 4.47 Å². The summed E-state index contributed by atoms with van der Waals surface area (Å²) >= 11 is 3.36. The third-order valence-electron chi connectivity index (χ3n) is 2.85. The summed E-state index contributed by atoms with van der Waals surface area (Å²) in [6.45, 7) is 4.27. The van der Waals surface area contributed by atoms with E-state index < -0.39 is 0 Å². The lowest BCUT2D eigenvalue weighted by molar-refractivity contribution is 0.206. The molecular weight excluding hydrogens is 290 g/mol. The van der Waals surface area contributed by atoms with Crippen LogP contribution in [0.3, 0.4) is 0 Å². The third-order valence-corrected chi connectivity index (χ3v) is 3.35. The lowest BCUT2D eigenvalue weighted by atomic mass is 10.1. The molecule has 2 nitrogen and oxygen atoms in total. The van der Waals surface area contributed by atoms with Gasteiger partial charge in [-0.05, 0) is 38.0 Å². The van der Waals surface area contributed by atoms with Crippen molar-refractivity contribution in [1.82, 2.24) is 0 Å². The van der Waals surface area contributed by atoms with E-state index >= 15 is 0 Å². The number of benzene rings is 1. The number of rotatable bonds is 7. The maximum Gasteiger partial charge on any atom is 0.137 e. The van der Waals surface area contributed by atoms with Crippen LogP contribution in [0.15, 0.2) is 22.7 Å². The van der Waals surface area contributed by atoms with Gasteiger partial charge < -0.3 is 4.74 Å². The Morgan fingerprint density at radius 3 is 2.78 bits per heavy atom. The first-order chi connectivity index (χ1) is 8.67. The summed E-state index contributed by atoms with van der Waals surface area (Å²) in [6.07, 6.45) is 6.19. The summed E-state index contributed by atoms with van der Waals surface area (Å²) in [5, 5.41) is 9.05. The highest BCUT2D eigenvalue weighted by Crippen LogP contribution is 2.24. The number of unbranched alkanes of at least 4 members (excludes halogenated alkanes) is 3. The second-order valence-electron chi connectivity index (χ2n) is 4.53. The van der Waals surface area contributed by atoms with Crippen molar-refractivity contribution >= 4 is 15.9 Å². The topological polar surface area (TPSA) is 33.0 Å². The van der Waals surface area contributed by atoms with Crippen molar-refractivity contribution in [2.45, 2.75) is 52.1 Å². The van der Waals surface area contributed by atoms with Crippen LogP contribution in [-0.4, -0.2) is 6.10 Å². The Morgan fingerprint density at radius 2 is 2.11 bits per heavy atom. The minimum Gasteiger partial charge on any atom is -0.489 e. The van der Waals surface area contributed by atoms with Gasteiger partial charge in [-0.3, -0.25) is 0 Å². The maximum absolute atomic E-state index is 9.05. The van der Waals surface area contributed by atoms with Crippen LogP contribution in [-0.2, 0) is 0 Å². The van der Waals surface area contributed by atoms with E-state index in [0.717, 1.165) is 10.9 Å². The quantitative estimate of drug-likeness (QED) is 0.660. The first-order valence-corrected chi connectivity index (χ1v) is 7.33. The average Bonchev–Trinajstić information content (AvgIpc) is 2.37. The first kappa shape index (κ1) is 15.0. The molecule has 1 aromatic rings. The fourth-order valence-corrected chi connectivity index (χ4v) is 2.19. The van der Waals surface area contributed by atoms with Gasteiger partial charge in [0.05, 0.1) is 11.7 Å². The Labute approximate surface area is 118 Å². The van der Waals surface area contributed by atoms with Gasteiger partial charge in [-0.15, -0.1) is 0 Å². The predicted octanol–water partition coefficient (Wildman–Crippen LogP) is 5.06. The molecule has 98 valence electrons. The molecule has 0 N–H and O–H groups in total. The highest BCUT2D eigenvalue weighted by atomic mass is 79.9. The van der Waals surface area contributed by atoms with Crippen LogP contribution in [0.1, 0.15) is 51.5 Å². The molecule has 3 heteroatoms. The van der Waals surface area contributed by atoms with E-state index in [2.05, 4.69) is 35.8 Å². The molecular formula is C15H20BrNO. The van der Waals surface area contributed by atoms with Gasteiger partial charge in [0.1, 0.15) is 11.8 Å². The number of nitrogens with zero attached hydrogens (tertiary/aromatic N) is 1. The largest absolute Gasteiger partial charge is 0.489 e. The van der Waals surface area contributed by atoms with E-state index in [1.807, 2.05) is 12.1 Å². The molecule has 0 saturated heterocycles. The fraction of sp³-hybridized carbons (Fsp3) is 0.533. The van der Waals surface area contributed by atoms with E-state index in [1.54, 1.807) is 6.07 Å². The standard InChI is InChI=1S/C15H20BrNO/c1-3-4-5-6-7-12(2)18-15-9-8-14(16)10-13(15)11-17/h8-10,12H,3-7H2,1-2H3/t12-/m0/s1. The zero-order valence-corrected chi connectivity index (χ0v) is 12.7. The van der Waals surface area contributed by atoms with Crippen LogP contribution < -0.4 is 4.74 Å². The number of hydrogen-bond donors (Lipinski definition) is 0. The lowest BCUT2D eigenvalue weighted by Crippen LogP contribution is -2.12. The second-order valence-corrected chi connectivity index (χ2v) is 5.45. The maximum atomic E-state index is 9.05. The summed E-state index contributed by atoms with van der Waals surface area (Å²) < 4.78 is 6.73. The fourth-order valence-electron chi connectivity index (χ4n) is 1.83. The Morgan fingerprint density at radius 1 is 1.33 bits per heavy atom. The highest BCUT2D eigenvalue weighted by Gasteiger charge is 2.08. The zero-order valence-electron chi connectivity index (χ0n) is 11.1. The van der Waals surface area contributed by atoms with Crippen molar-refractivity contribution in [3.63, 3.8) is 0 Å². The Bertz CT molecular complexity index is 411. The number of hydrogen-bond acceptors (Lipinski definition) is 2. The van der Waals surface area contributed by atoms with Gasteiger partial charge in [0.25, 0.3) is 0 Å². The van der Waals surface area contributed by atoms with Crippen molar-refractivity contribution in [2.75, 3.05) is 0 Å². The third kappa shape index (κ3) is 5.10. The SMILES string of the molecule is CCCCCC[C@H](C)Oc1ccc(Br)cc1C#N. The van der Waals surface area contributed by atoms with Crippen molar-refractivity contribution in [1.29, 1.82) is 5.26 Å². The van der Waals surface area contributed by atoms with Gasteiger partial charge >= 0.3 is 0 Å². The van der Waals surface area contributed by atoms with Crippen LogP contribution in [0.4, 0.5) is 0 Å². The summed E-state index contributed by atoms with van der Waals surface area (Å²) in [7, 11) is 0. The monoisotopic (exact) mass is 309 g/mol. The number of halogens is 1. The molecule has 0 fully saturated rings. The van der Waals surface area contributed by atoms with Crippen LogP contribution in [0, 0.1) is 11.3 Å². The van der Waals surface area contributed by atoms with Gasteiger partial charge in [0.15, 0.2) is 0 Å². The minimum absolute atomic E-state index is 0.162. The molecule has 1 aromatic carbocycles. The summed E-state index contributed by atoms with van der Waals surface area (Å²) in [5.41, 5.74) is 0.588. The van der Waals surface area contributed by atoms with Crippen molar-refractivity contribution in [3.05, 3.63) is 28.2 Å². The average molecular weight is 310 g/mol. The number of ether oxygens (including phenoxy) is 1. The number of nitriles is 1. The zero-order chi connectivity index (χ0) is 13.4. The lowest BCUT2D eigenvalue weighted by Gasteiger charge is -2.15. The van der Waals surface area contributed by atoms with Crippen LogP contribution in [0.25, 0.3) is 0 Å².